The summed E-state index contributed by atoms with van der Waals surface area (Å²) in [6.07, 6.45) is 1.56. The minimum Gasteiger partial charge on any atom is -0.383 e. The topological polar surface area (TPSA) is 71.5 Å². The van der Waals surface area contributed by atoms with E-state index < -0.39 is 10.0 Å². The lowest BCUT2D eigenvalue weighted by Crippen LogP contribution is -2.30. The number of nitrogens with zero attached hydrogens (tertiary/aromatic N) is 2. The highest BCUT2D eigenvalue weighted by molar-refractivity contribution is 7.89. The first-order valence-corrected chi connectivity index (χ1v) is 7.01. The number of hydrogen-bond acceptors (Lipinski definition) is 5. The second-order valence-electron chi connectivity index (χ2n) is 3.85. The Balaban J connectivity index is 2.84. The van der Waals surface area contributed by atoms with Crippen molar-refractivity contribution >= 4 is 10.0 Å². The monoisotopic (exact) mass is 273 g/mol. The largest absolute Gasteiger partial charge is 0.383 e. The molecule has 1 N–H and O–H groups in total. The molecule has 102 valence electrons. The molecule has 0 spiro atoms. The number of hydrogen-bond donors (Lipinski definition) is 1. The number of rotatable bonds is 7. The van der Waals surface area contributed by atoms with E-state index in [9.17, 15) is 8.42 Å². The molecule has 18 heavy (non-hydrogen) atoms. The van der Waals surface area contributed by atoms with Crippen LogP contribution in [0.25, 0.3) is 0 Å². The lowest BCUT2D eigenvalue weighted by molar-refractivity contribution is 0.185. The van der Waals surface area contributed by atoms with Crippen LogP contribution in [0, 0.1) is 0 Å². The van der Waals surface area contributed by atoms with Gasteiger partial charge in [0.05, 0.1) is 6.61 Å². The predicted octanol–water partition coefficient (Wildman–Crippen LogP) is 0.0679. The summed E-state index contributed by atoms with van der Waals surface area (Å²) in [7, 11) is 1.35. The molecule has 7 heteroatoms. The maximum absolute atomic E-state index is 12.1. The van der Waals surface area contributed by atoms with Crippen molar-refractivity contribution in [3.05, 3.63) is 23.9 Å². The first-order chi connectivity index (χ1) is 8.52. The number of sulfonamides is 1. The van der Waals surface area contributed by atoms with Gasteiger partial charge in [0, 0.05) is 33.4 Å². The van der Waals surface area contributed by atoms with Gasteiger partial charge in [-0.3, -0.25) is 0 Å². The van der Waals surface area contributed by atoms with Gasteiger partial charge in [0.15, 0.2) is 5.03 Å². The zero-order chi connectivity index (χ0) is 13.6. The lowest BCUT2D eigenvalue weighted by Gasteiger charge is -2.16. The van der Waals surface area contributed by atoms with Crippen molar-refractivity contribution in [3.63, 3.8) is 0 Å². The van der Waals surface area contributed by atoms with Gasteiger partial charge in [0.2, 0.25) is 0 Å². The van der Waals surface area contributed by atoms with Crippen LogP contribution in [0.15, 0.2) is 23.4 Å². The maximum atomic E-state index is 12.1. The molecule has 0 fully saturated rings. The molecule has 0 aliphatic carbocycles. The number of aromatic nitrogens is 1. The quantitative estimate of drug-likeness (QED) is 0.761. The van der Waals surface area contributed by atoms with E-state index in [0.29, 0.717) is 19.7 Å². The lowest BCUT2D eigenvalue weighted by atomic mass is 10.3. The molecular formula is C11H19N3O3S. The molecule has 0 saturated carbocycles. The smallest absolute Gasteiger partial charge is 0.260 e. The van der Waals surface area contributed by atoms with Gasteiger partial charge in [-0.15, -0.1) is 0 Å². The Morgan fingerprint density at radius 2 is 2.17 bits per heavy atom. The standard InChI is InChI=1S/C11H19N3O3S/c1-12-8-10-4-5-11(13-9-10)18(15,16)14(2)6-7-17-3/h4-5,9,12H,6-8H2,1-3H3. The van der Waals surface area contributed by atoms with Gasteiger partial charge in [-0.25, -0.2) is 13.4 Å². The van der Waals surface area contributed by atoms with Crippen LogP contribution < -0.4 is 5.32 Å². The molecular weight excluding hydrogens is 254 g/mol. The van der Waals surface area contributed by atoms with Crippen LogP contribution in [0.3, 0.4) is 0 Å². The molecule has 0 saturated heterocycles. The minimum atomic E-state index is -3.52. The Morgan fingerprint density at radius 1 is 1.44 bits per heavy atom. The van der Waals surface area contributed by atoms with Crippen LogP contribution in [-0.2, 0) is 21.3 Å². The van der Waals surface area contributed by atoms with Crippen LogP contribution in [0.4, 0.5) is 0 Å². The van der Waals surface area contributed by atoms with Gasteiger partial charge in [0.25, 0.3) is 10.0 Å². The maximum Gasteiger partial charge on any atom is 0.260 e. The third-order valence-corrected chi connectivity index (χ3v) is 4.24. The van der Waals surface area contributed by atoms with Crippen molar-refractivity contribution in [2.45, 2.75) is 11.6 Å². The zero-order valence-corrected chi connectivity index (χ0v) is 11.7. The summed E-state index contributed by atoms with van der Waals surface area (Å²) in [6.45, 7) is 1.32. The molecule has 1 aromatic rings. The van der Waals surface area contributed by atoms with Crippen molar-refractivity contribution in [1.29, 1.82) is 0 Å². The summed E-state index contributed by atoms with van der Waals surface area (Å²) in [6, 6.07) is 3.27. The fraction of sp³-hybridized carbons (Fsp3) is 0.545. The number of likely N-dealkylation sites (N-methyl/N-ethyl adjacent to an activating group) is 1. The van der Waals surface area contributed by atoms with Crippen molar-refractivity contribution < 1.29 is 13.2 Å². The van der Waals surface area contributed by atoms with Crippen LogP contribution in [0.1, 0.15) is 5.56 Å². The normalized spacial score (nSPS) is 12.0. The second-order valence-corrected chi connectivity index (χ2v) is 5.85. The zero-order valence-electron chi connectivity index (χ0n) is 10.9. The van der Waals surface area contributed by atoms with Gasteiger partial charge < -0.3 is 10.1 Å². The Bertz CT molecular complexity index is 459. The second kappa shape index (κ2) is 6.79. The van der Waals surface area contributed by atoms with Crippen molar-refractivity contribution in [3.8, 4) is 0 Å². The Labute approximate surface area is 108 Å². The van der Waals surface area contributed by atoms with E-state index in [4.69, 9.17) is 4.74 Å². The Hall–Kier alpha value is -1.02. The molecule has 0 aromatic carbocycles. The highest BCUT2D eigenvalue weighted by Gasteiger charge is 2.21. The molecule has 1 heterocycles. The molecule has 0 aliphatic heterocycles. The first-order valence-electron chi connectivity index (χ1n) is 5.57. The van der Waals surface area contributed by atoms with Crippen molar-refractivity contribution in [2.75, 3.05) is 34.4 Å². The van der Waals surface area contributed by atoms with Gasteiger partial charge in [-0.1, -0.05) is 6.07 Å². The molecule has 0 bridgehead atoms. The summed E-state index contributed by atoms with van der Waals surface area (Å²) in [5.41, 5.74) is 0.941. The predicted molar refractivity (Wildman–Crippen MR) is 68.7 cm³/mol. The van der Waals surface area contributed by atoms with Crippen LogP contribution in [0.2, 0.25) is 0 Å². The summed E-state index contributed by atoms with van der Waals surface area (Å²) >= 11 is 0. The highest BCUT2D eigenvalue weighted by atomic mass is 32.2. The fourth-order valence-corrected chi connectivity index (χ4v) is 2.43. The molecule has 0 radical (unpaired) electrons. The van der Waals surface area contributed by atoms with E-state index in [0.717, 1.165) is 5.56 Å². The number of ether oxygens (including phenoxy) is 1. The van der Waals surface area contributed by atoms with E-state index in [-0.39, 0.29) is 5.03 Å². The molecule has 6 nitrogen and oxygen atoms in total. The van der Waals surface area contributed by atoms with Gasteiger partial charge >= 0.3 is 0 Å². The molecule has 1 aromatic heterocycles. The van der Waals surface area contributed by atoms with E-state index in [2.05, 4.69) is 10.3 Å². The average Bonchev–Trinajstić information content (AvgIpc) is 2.37. The van der Waals surface area contributed by atoms with E-state index in [1.165, 1.54) is 24.5 Å². The first kappa shape index (κ1) is 15.0. The molecule has 1 rings (SSSR count). The summed E-state index contributed by atoms with van der Waals surface area (Å²) in [5, 5.41) is 3.03. The Morgan fingerprint density at radius 3 is 2.67 bits per heavy atom. The van der Waals surface area contributed by atoms with Crippen LogP contribution in [-0.4, -0.2) is 52.1 Å². The molecule has 0 amide bonds. The average molecular weight is 273 g/mol. The van der Waals surface area contributed by atoms with Crippen LogP contribution >= 0.6 is 0 Å². The fourth-order valence-electron chi connectivity index (χ4n) is 1.37. The van der Waals surface area contributed by atoms with Crippen molar-refractivity contribution in [1.82, 2.24) is 14.6 Å². The third-order valence-electron chi connectivity index (χ3n) is 2.46. The number of methoxy groups -OCH3 is 1. The van der Waals surface area contributed by atoms with E-state index in [1.807, 2.05) is 7.05 Å². The third kappa shape index (κ3) is 3.74. The molecule has 0 atom stereocenters. The van der Waals surface area contributed by atoms with E-state index in [1.54, 1.807) is 12.3 Å². The summed E-state index contributed by atoms with van der Waals surface area (Å²) in [5.74, 6) is 0. The van der Waals surface area contributed by atoms with E-state index >= 15 is 0 Å². The SMILES string of the molecule is CNCc1ccc(S(=O)(=O)N(C)CCOC)nc1. The summed E-state index contributed by atoms with van der Waals surface area (Å²) in [4.78, 5) is 3.99. The minimum absolute atomic E-state index is 0.0564. The van der Waals surface area contributed by atoms with Gasteiger partial charge in [-0.05, 0) is 18.7 Å². The summed E-state index contributed by atoms with van der Waals surface area (Å²) < 4.78 is 30.3. The molecule has 0 aliphatic rings. The molecule has 0 unspecified atom stereocenters. The highest BCUT2D eigenvalue weighted by Crippen LogP contribution is 2.11. The number of pyridine rings is 1. The van der Waals surface area contributed by atoms with Gasteiger partial charge in [0.1, 0.15) is 0 Å². The van der Waals surface area contributed by atoms with Crippen LogP contribution in [0.5, 0.6) is 0 Å². The van der Waals surface area contributed by atoms with Gasteiger partial charge in [-0.2, -0.15) is 4.31 Å². The van der Waals surface area contributed by atoms with Crippen molar-refractivity contribution in [2.24, 2.45) is 0 Å². The Kier molecular flexibility index (Phi) is 5.67. The number of nitrogens with one attached hydrogen (secondary N) is 1.